The normalized spacial score (nSPS) is 12.1. The molecule has 0 amide bonds. The second kappa shape index (κ2) is 8.72. The fraction of sp³-hybridized carbons (Fsp3) is 0.0870. The van der Waals surface area contributed by atoms with Crippen LogP contribution in [0.15, 0.2) is 87.7 Å². The van der Waals surface area contributed by atoms with Crippen LogP contribution in [0.1, 0.15) is 18.9 Å². The minimum absolute atomic E-state index is 0.310. The summed E-state index contributed by atoms with van der Waals surface area (Å²) in [5.41, 5.74) is 1.67. The molecule has 0 aliphatic heterocycles. The summed E-state index contributed by atoms with van der Waals surface area (Å²) in [4.78, 5) is 13.4. The van der Waals surface area contributed by atoms with Crippen molar-refractivity contribution in [3.8, 4) is 17.1 Å². The zero-order valence-electron chi connectivity index (χ0n) is 16.8. The van der Waals surface area contributed by atoms with Crippen molar-refractivity contribution in [1.29, 1.82) is 0 Å². The van der Waals surface area contributed by atoms with Gasteiger partial charge in [0, 0.05) is 23.3 Å². The third-order valence-electron chi connectivity index (χ3n) is 4.59. The molecule has 0 bridgehead atoms. The maximum Gasteiger partial charge on any atom is 0.283 e. The maximum absolute atomic E-state index is 13.1. The van der Waals surface area contributed by atoms with Gasteiger partial charge in [0.1, 0.15) is 16.6 Å². The SMILES string of the molecule is C[C@H](Oc1ccc(F)cc1)c1nnc(Sc2nc(-c3ccncc3)nc3ccccc23)o1. The van der Waals surface area contributed by atoms with E-state index < -0.39 is 6.10 Å². The minimum Gasteiger partial charge on any atom is -0.481 e. The number of rotatable bonds is 6. The maximum atomic E-state index is 13.1. The topological polar surface area (TPSA) is 86.8 Å². The van der Waals surface area contributed by atoms with Crippen LogP contribution in [0, 0.1) is 5.82 Å². The van der Waals surface area contributed by atoms with Crippen molar-refractivity contribution >= 4 is 22.7 Å². The molecule has 0 N–H and O–H groups in total. The molecule has 0 unspecified atom stereocenters. The highest BCUT2D eigenvalue weighted by Gasteiger charge is 2.18. The third kappa shape index (κ3) is 4.28. The van der Waals surface area contributed by atoms with Gasteiger partial charge in [-0.2, -0.15) is 0 Å². The number of ether oxygens (including phenoxy) is 1. The summed E-state index contributed by atoms with van der Waals surface area (Å²) in [5.74, 6) is 1.07. The van der Waals surface area contributed by atoms with Gasteiger partial charge in [0.2, 0.25) is 0 Å². The average Bonchev–Trinajstić information content (AvgIpc) is 3.30. The molecule has 9 heteroatoms. The summed E-state index contributed by atoms with van der Waals surface area (Å²) >= 11 is 1.26. The number of nitrogens with zero attached hydrogens (tertiary/aromatic N) is 5. The molecule has 5 aromatic rings. The molecule has 7 nitrogen and oxygen atoms in total. The molecule has 0 spiro atoms. The van der Waals surface area contributed by atoms with Crippen LogP contribution in [0.3, 0.4) is 0 Å². The van der Waals surface area contributed by atoms with Crippen LogP contribution in [0.25, 0.3) is 22.3 Å². The number of aromatic nitrogens is 5. The highest BCUT2D eigenvalue weighted by Crippen LogP contribution is 2.33. The van der Waals surface area contributed by atoms with Gasteiger partial charge < -0.3 is 9.15 Å². The molecule has 0 fully saturated rings. The second-order valence-electron chi connectivity index (χ2n) is 6.83. The van der Waals surface area contributed by atoms with E-state index in [1.54, 1.807) is 31.5 Å². The van der Waals surface area contributed by atoms with E-state index in [9.17, 15) is 4.39 Å². The first-order chi connectivity index (χ1) is 15.7. The summed E-state index contributed by atoms with van der Waals surface area (Å²) in [5, 5.41) is 10.1. The van der Waals surface area contributed by atoms with Gasteiger partial charge in [-0.05, 0) is 61.2 Å². The highest BCUT2D eigenvalue weighted by atomic mass is 32.2. The Hall–Kier alpha value is -3.85. The van der Waals surface area contributed by atoms with Crippen LogP contribution in [0.2, 0.25) is 0 Å². The fourth-order valence-electron chi connectivity index (χ4n) is 3.03. The van der Waals surface area contributed by atoms with Crippen molar-refractivity contribution in [3.63, 3.8) is 0 Å². The Morgan fingerprint density at radius 2 is 1.72 bits per heavy atom. The zero-order valence-corrected chi connectivity index (χ0v) is 17.7. The molecule has 0 saturated carbocycles. The molecule has 0 aliphatic rings. The van der Waals surface area contributed by atoms with Gasteiger partial charge in [-0.15, -0.1) is 10.2 Å². The Bertz CT molecular complexity index is 1360. The monoisotopic (exact) mass is 445 g/mol. The number of hydrogen-bond acceptors (Lipinski definition) is 8. The lowest BCUT2D eigenvalue weighted by Crippen LogP contribution is -2.03. The molecule has 2 aromatic carbocycles. The van der Waals surface area contributed by atoms with Crippen LogP contribution in [0.5, 0.6) is 5.75 Å². The lowest BCUT2D eigenvalue weighted by atomic mass is 10.2. The highest BCUT2D eigenvalue weighted by molar-refractivity contribution is 7.99. The van der Waals surface area contributed by atoms with Crippen LogP contribution >= 0.6 is 11.8 Å². The molecule has 0 aliphatic carbocycles. The molecular formula is C23H16FN5O2S. The molecule has 3 heterocycles. The molecule has 0 radical (unpaired) electrons. The summed E-state index contributed by atoms with van der Waals surface area (Å²) < 4.78 is 24.7. The van der Waals surface area contributed by atoms with Gasteiger partial charge >= 0.3 is 0 Å². The number of fused-ring (bicyclic) bond motifs is 1. The Labute approximate surface area is 186 Å². The van der Waals surface area contributed by atoms with E-state index in [2.05, 4.69) is 20.2 Å². The first-order valence-corrected chi connectivity index (χ1v) is 10.6. The lowest BCUT2D eigenvalue weighted by molar-refractivity contribution is 0.181. The number of benzene rings is 2. The fourth-order valence-corrected chi connectivity index (χ4v) is 3.82. The summed E-state index contributed by atoms with van der Waals surface area (Å²) in [6.07, 6.45) is 2.90. The smallest absolute Gasteiger partial charge is 0.283 e. The van der Waals surface area contributed by atoms with Gasteiger partial charge in [-0.3, -0.25) is 4.98 Å². The Morgan fingerprint density at radius 3 is 2.53 bits per heavy atom. The minimum atomic E-state index is -0.503. The van der Waals surface area contributed by atoms with E-state index in [0.29, 0.717) is 27.7 Å². The summed E-state index contributed by atoms with van der Waals surface area (Å²) in [6, 6.07) is 17.2. The van der Waals surface area contributed by atoms with Crippen molar-refractivity contribution in [2.24, 2.45) is 0 Å². The molecule has 158 valence electrons. The predicted octanol–water partition coefficient (Wildman–Crippen LogP) is 5.51. The van der Waals surface area contributed by atoms with Gasteiger partial charge in [0.05, 0.1) is 5.52 Å². The van der Waals surface area contributed by atoms with E-state index in [-0.39, 0.29) is 5.82 Å². The van der Waals surface area contributed by atoms with Gasteiger partial charge in [0.25, 0.3) is 11.1 Å². The quantitative estimate of drug-likeness (QED) is 0.317. The van der Waals surface area contributed by atoms with Crippen molar-refractivity contribution in [2.45, 2.75) is 23.3 Å². The molecular weight excluding hydrogens is 429 g/mol. The first-order valence-electron chi connectivity index (χ1n) is 9.76. The van der Waals surface area contributed by atoms with Crippen molar-refractivity contribution in [1.82, 2.24) is 25.1 Å². The van der Waals surface area contributed by atoms with Crippen molar-refractivity contribution < 1.29 is 13.5 Å². The van der Waals surface area contributed by atoms with E-state index in [4.69, 9.17) is 14.1 Å². The standard InChI is InChI=1S/C23H16FN5O2S/c1-14(30-17-8-6-16(24)7-9-17)21-28-29-23(31-21)32-22-18-4-2-3-5-19(18)26-20(27-22)15-10-12-25-13-11-15/h2-14H,1H3/t14-/m0/s1. The largest absolute Gasteiger partial charge is 0.481 e. The number of hydrogen-bond donors (Lipinski definition) is 0. The second-order valence-corrected chi connectivity index (χ2v) is 7.77. The van der Waals surface area contributed by atoms with Crippen LogP contribution in [-0.2, 0) is 0 Å². The van der Waals surface area contributed by atoms with Crippen LogP contribution < -0.4 is 4.74 Å². The average molecular weight is 445 g/mol. The van der Waals surface area contributed by atoms with E-state index in [0.717, 1.165) is 16.5 Å². The number of para-hydroxylation sites is 1. The predicted molar refractivity (Wildman–Crippen MR) is 117 cm³/mol. The van der Waals surface area contributed by atoms with E-state index in [1.807, 2.05) is 36.4 Å². The van der Waals surface area contributed by atoms with Gasteiger partial charge in [-0.25, -0.2) is 14.4 Å². The molecule has 1 atom stereocenters. The first kappa shape index (κ1) is 20.1. The van der Waals surface area contributed by atoms with Gasteiger partial charge in [-0.1, -0.05) is 18.2 Å². The molecule has 3 aromatic heterocycles. The molecule has 5 rings (SSSR count). The van der Waals surface area contributed by atoms with Gasteiger partial charge in [0.15, 0.2) is 11.9 Å². The molecule has 0 saturated heterocycles. The lowest BCUT2D eigenvalue weighted by Gasteiger charge is -2.10. The number of pyridine rings is 1. The van der Waals surface area contributed by atoms with Crippen molar-refractivity contribution in [2.75, 3.05) is 0 Å². The summed E-state index contributed by atoms with van der Waals surface area (Å²) in [7, 11) is 0. The Kier molecular flexibility index (Phi) is 5.47. The molecule has 32 heavy (non-hydrogen) atoms. The summed E-state index contributed by atoms with van der Waals surface area (Å²) in [6.45, 7) is 1.78. The number of halogens is 1. The Morgan fingerprint density at radius 1 is 0.938 bits per heavy atom. The van der Waals surface area contributed by atoms with E-state index >= 15 is 0 Å². The van der Waals surface area contributed by atoms with E-state index in [1.165, 1.54) is 23.9 Å². The third-order valence-corrected chi connectivity index (χ3v) is 5.43. The zero-order chi connectivity index (χ0) is 21.9. The van der Waals surface area contributed by atoms with Crippen molar-refractivity contribution in [3.05, 3.63) is 84.8 Å². The van der Waals surface area contributed by atoms with Crippen LogP contribution in [-0.4, -0.2) is 25.1 Å². The van der Waals surface area contributed by atoms with Crippen LogP contribution in [0.4, 0.5) is 4.39 Å². The Balaban J connectivity index is 1.42.